The van der Waals surface area contributed by atoms with Crippen LogP contribution in [0.15, 0.2) is 60.9 Å². The zero-order chi connectivity index (χ0) is 34.2. The number of aryl methyl sites for hydroxylation is 3. The third-order valence-corrected chi connectivity index (χ3v) is 8.11. The van der Waals surface area contributed by atoms with Crippen LogP contribution in [0.25, 0.3) is 5.57 Å². The molecule has 0 radical (unpaired) electrons. The number of hydrogen-bond donors (Lipinski definition) is 3. The van der Waals surface area contributed by atoms with Crippen LogP contribution in [0.4, 0.5) is 21.6 Å². The molecule has 1 aliphatic rings. The van der Waals surface area contributed by atoms with E-state index in [0.29, 0.717) is 24.2 Å². The zero-order valence-electron chi connectivity index (χ0n) is 28.6. The Kier molecular flexibility index (Phi) is 21.1. The second kappa shape index (κ2) is 24.3. The number of rotatable bonds is 12. The summed E-state index contributed by atoms with van der Waals surface area (Å²) in [6.07, 6.45) is 18.1. The van der Waals surface area contributed by atoms with Crippen molar-refractivity contribution >= 4 is 46.9 Å². The van der Waals surface area contributed by atoms with Crippen molar-refractivity contribution in [2.45, 2.75) is 92.9 Å². The molecule has 0 aliphatic heterocycles. The molecule has 3 aromatic rings. The van der Waals surface area contributed by atoms with Gasteiger partial charge in [-0.3, -0.25) is 9.59 Å². The zero-order valence-corrected chi connectivity index (χ0v) is 29.4. The summed E-state index contributed by atoms with van der Waals surface area (Å²) < 4.78 is 14.0. The number of nitrogen functional groups attached to an aromatic ring is 1. The van der Waals surface area contributed by atoms with Crippen LogP contribution in [0.5, 0.6) is 0 Å². The quantitative estimate of drug-likeness (QED) is 0.103. The molecule has 4 N–H and O–H groups in total. The third-order valence-electron chi connectivity index (χ3n) is 6.96. The maximum absolute atomic E-state index is 14.0. The molecule has 0 saturated heterocycles. The van der Waals surface area contributed by atoms with Gasteiger partial charge in [-0.15, -0.1) is 11.3 Å². The van der Waals surface area contributed by atoms with Gasteiger partial charge in [0.25, 0.3) is 0 Å². The van der Waals surface area contributed by atoms with Crippen LogP contribution < -0.4 is 21.3 Å². The van der Waals surface area contributed by atoms with E-state index in [1.165, 1.54) is 67.8 Å². The van der Waals surface area contributed by atoms with Crippen LogP contribution in [0.2, 0.25) is 0 Å². The summed E-state index contributed by atoms with van der Waals surface area (Å²) in [5.41, 5.74) is 9.27. The number of allylic oxidation sites excluding steroid dienone is 3. The van der Waals surface area contributed by atoms with Crippen LogP contribution in [-0.2, 0) is 22.4 Å². The standard InChI is InChI=1S/C13H13FN2O2.C12H21N3.C10H14S.C2H6/c1-2-4-10(7-15-8-17)11-5-3-6-12(13(11)14)16-9-18;1-3-5-9-15(8-4-2)11-6-7-12(13)14-10-11;1-8-7-9-5-3-2-4-6-10(9)11-8;1-2/h2-9H,1H3,(H,15,17)(H,16,18);6-7,10H,3-5,8-9H2,1-2H3,(H2,13,14);7H,2-6H2,1H3;1-2H3/b4-2-,10-7+;;;. The first-order valence-corrected chi connectivity index (χ1v) is 17.3. The fourth-order valence-electron chi connectivity index (χ4n) is 4.84. The van der Waals surface area contributed by atoms with Gasteiger partial charge >= 0.3 is 0 Å². The smallest absolute Gasteiger partial charge is 0.211 e. The predicted molar refractivity (Wildman–Crippen MR) is 196 cm³/mol. The van der Waals surface area contributed by atoms with E-state index in [-0.39, 0.29) is 11.3 Å². The molecule has 1 aliphatic carbocycles. The van der Waals surface area contributed by atoms with Gasteiger partial charge in [-0.1, -0.05) is 64.8 Å². The van der Waals surface area contributed by atoms with E-state index < -0.39 is 5.82 Å². The molecule has 4 rings (SSSR count). The van der Waals surface area contributed by atoms with Crippen LogP contribution in [0, 0.1) is 12.7 Å². The molecule has 1 aromatic carbocycles. The average molecular weight is 652 g/mol. The molecule has 0 bridgehead atoms. The minimum Gasteiger partial charge on any atom is -0.384 e. The van der Waals surface area contributed by atoms with Crippen LogP contribution in [-0.4, -0.2) is 30.9 Å². The summed E-state index contributed by atoms with van der Waals surface area (Å²) in [4.78, 5) is 30.3. The fourth-order valence-corrected chi connectivity index (χ4v) is 5.97. The van der Waals surface area contributed by atoms with Gasteiger partial charge in [-0.2, -0.15) is 0 Å². The highest BCUT2D eigenvalue weighted by molar-refractivity contribution is 7.12. The first kappa shape index (κ1) is 40.0. The normalized spacial score (nSPS) is 12.1. The Morgan fingerprint density at radius 1 is 1.04 bits per heavy atom. The number of unbranched alkanes of at least 4 members (excludes halogenated alkanes) is 1. The van der Waals surface area contributed by atoms with E-state index in [2.05, 4.69) is 47.4 Å². The van der Waals surface area contributed by atoms with Crippen molar-refractivity contribution in [1.29, 1.82) is 0 Å². The molecule has 9 heteroatoms. The first-order valence-electron chi connectivity index (χ1n) is 16.4. The van der Waals surface area contributed by atoms with Crippen LogP contribution in [0.1, 0.15) is 94.0 Å². The molecule has 2 heterocycles. The maximum atomic E-state index is 14.0. The largest absolute Gasteiger partial charge is 0.384 e. The van der Waals surface area contributed by atoms with Gasteiger partial charge in [0.05, 0.1) is 17.6 Å². The molecule has 0 unspecified atom stereocenters. The lowest BCUT2D eigenvalue weighted by atomic mass is 10.0. The summed E-state index contributed by atoms with van der Waals surface area (Å²) in [5, 5.41) is 4.63. The van der Waals surface area contributed by atoms with Gasteiger partial charge in [0.2, 0.25) is 12.8 Å². The maximum Gasteiger partial charge on any atom is 0.211 e. The highest BCUT2D eigenvalue weighted by atomic mass is 32.1. The van der Waals surface area contributed by atoms with Crippen molar-refractivity contribution in [2.24, 2.45) is 0 Å². The number of nitrogens with two attached hydrogens (primary N) is 1. The molecule has 252 valence electrons. The predicted octanol–water partition coefficient (Wildman–Crippen LogP) is 9.09. The second-order valence-electron chi connectivity index (χ2n) is 10.5. The Bertz CT molecular complexity index is 1310. The van der Waals surface area contributed by atoms with Crippen LogP contribution >= 0.6 is 11.3 Å². The van der Waals surface area contributed by atoms with Crippen molar-refractivity contribution in [1.82, 2.24) is 10.3 Å². The van der Waals surface area contributed by atoms with Crippen molar-refractivity contribution < 1.29 is 14.0 Å². The minimum atomic E-state index is -0.554. The van der Waals surface area contributed by atoms with Gasteiger partial charge in [-0.05, 0) is 82.2 Å². The number of amides is 2. The molecular formula is C37H54FN5O2S. The Balaban J connectivity index is 0.000000343. The number of thiophene rings is 1. The van der Waals surface area contributed by atoms with Gasteiger partial charge in [0.15, 0.2) is 5.82 Å². The molecule has 0 saturated carbocycles. The van der Waals surface area contributed by atoms with Crippen molar-refractivity contribution in [3.8, 4) is 0 Å². The summed E-state index contributed by atoms with van der Waals surface area (Å²) in [7, 11) is 0. The molecule has 0 atom stereocenters. The Hall–Kier alpha value is -3.98. The SMILES string of the molecule is C/C=C\C(=C/NC=O)c1cccc(NC=O)c1F.CC.CCCCN(CCC)c1ccc(N)nc1.Cc1cc2c(s1)CCCCC2. The second-order valence-corrected chi connectivity index (χ2v) is 11.8. The highest BCUT2D eigenvalue weighted by Crippen LogP contribution is 2.28. The molecule has 7 nitrogen and oxygen atoms in total. The number of halogens is 1. The molecule has 2 amide bonds. The fraction of sp³-hybridized carbons (Fsp3) is 0.432. The van der Waals surface area contributed by atoms with E-state index in [1.54, 1.807) is 41.6 Å². The number of anilines is 3. The first-order chi connectivity index (χ1) is 22.4. The van der Waals surface area contributed by atoms with E-state index in [9.17, 15) is 14.0 Å². The minimum absolute atomic E-state index is 0.0870. The van der Waals surface area contributed by atoms with Gasteiger partial charge in [-0.25, -0.2) is 9.37 Å². The van der Waals surface area contributed by atoms with Crippen molar-refractivity contribution in [3.05, 3.63) is 87.6 Å². The lowest BCUT2D eigenvalue weighted by Crippen LogP contribution is -2.25. The highest BCUT2D eigenvalue weighted by Gasteiger charge is 2.11. The number of pyridine rings is 1. The average Bonchev–Trinajstić information content (AvgIpc) is 3.29. The van der Waals surface area contributed by atoms with Gasteiger partial charge < -0.3 is 21.3 Å². The topological polar surface area (TPSA) is 100 Å². The number of carbonyl (C=O) groups excluding carboxylic acids is 2. The monoisotopic (exact) mass is 651 g/mol. The molecule has 46 heavy (non-hydrogen) atoms. The summed E-state index contributed by atoms with van der Waals surface area (Å²) in [6, 6.07) is 10.9. The van der Waals surface area contributed by atoms with E-state index in [0.717, 1.165) is 19.5 Å². The Morgan fingerprint density at radius 2 is 1.80 bits per heavy atom. The number of hydrogen-bond acceptors (Lipinski definition) is 6. The van der Waals surface area contributed by atoms with E-state index in [4.69, 9.17) is 5.73 Å². The number of carbonyl (C=O) groups is 2. The number of fused-ring (bicyclic) bond motifs is 1. The molecule has 2 aromatic heterocycles. The number of nitrogens with zero attached hydrogens (tertiary/aromatic N) is 2. The number of aromatic nitrogens is 1. The van der Waals surface area contributed by atoms with Crippen molar-refractivity contribution in [3.63, 3.8) is 0 Å². The summed E-state index contributed by atoms with van der Waals surface area (Å²) in [5.74, 6) is 0.0346. The Morgan fingerprint density at radius 3 is 2.43 bits per heavy atom. The number of nitrogens with one attached hydrogen (secondary N) is 2. The van der Waals surface area contributed by atoms with E-state index in [1.807, 2.05) is 43.5 Å². The van der Waals surface area contributed by atoms with Gasteiger partial charge in [0.1, 0.15) is 5.82 Å². The molecule has 0 spiro atoms. The van der Waals surface area contributed by atoms with Gasteiger partial charge in [0, 0.05) is 40.2 Å². The van der Waals surface area contributed by atoms with E-state index >= 15 is 0 Å². The summed E-state index contributed by atoms with van der Waals surface area (Å²) in [6.45, 7) is 14.6. The lowest BCUT2D eigenvalue weighted by Gasteiger charge is -2.23. The van der Waals surface area contributed by atoms with Crippen molar-refractivity contribution in [2.75, 3.05) is 29.0 Å². The lowest BCUT2D eigenvalue weighted by molar-refractivity contribution is -0.108. The molecule has 0 fully saturated rings. The van der Waals surface area contributed by atoms with Crippen LogP contribution in [0.3, 0.4) is 0 Å². The molecular weight excluding hydrogens is 598 g/mol. The Labute approximate surface area is 280 Å². The third kappa shape index (κ3) is 14.4. The number of benzene rings is 1. The summed E-state index contributed by atoms with van der Waals surface area (Å²) >= 11 is 2.00.